The van der Waals surface area contributed by atoms with E-state index in [4.69, 9.17) is 0 Å². The summed E-state index contributed by atoms with van der Waals surface area (Å²) in [6.07, 6.45) is 0. The van der Waals surface area contributed by atoms with Crippen molar-refractivity contribution in [3.63, 3.8) is 0 Å². The zero-order valence-corrected chi connectivity index (χ0v) is 11.4. The third-order valence-electron chi connectivity index (χ3n) is 1.99. The van der Waals surface area contributed by atoms with Crippen LogP contribution in [0.3, 0.4) is 0 Å². The molecule has 2 aromatic heterocycles. The fourth-order valence-corrected chi connectivity index (χ4v) is 4.37. The van der Waals surface area contributed by atoms with Crippen LogP contribution in [0.1, 0.15) is 0 Å². The highest BCUT2D eigenvalue weighted by atomic mass is 79.9. The lowest BCUT2D eigenvalue weighted by Crippen LogP contribution is -1.80. The standard InChI is InChI=1S/C6H4Br2N4S2/c7-1-3-5(11-13-9-3)2(8)6-4(1)10-14-12-6/h9-12H. The van der Waals surface area contributed by atoms with Crippen molar-refractivity contribution in [2.24, 2.45) is 0 Å². The van der Waals surface area contributed by atoms with Crippen molar-refractivity contribution in [2.75, 3.05) is 0 Å². The molecule has 3 rings (SSSR count). The number of aromatic nitrogens is 4. The minimum absolute atomic E-state index is 1.04. The number of aromatic amines is 4. The van der Waals surface area contributed by atoms with Gasteiger partial charge in [-0.1, -0.05) is 0 Å². The normalized spacial score (nSPS) is 11.6. The predicted octanol–water partition coefficient (Wildman–Crippen LogP) is 4.08. The average Bonchev–Trinajstić information content (AvgIpc) is 2.82. The van der Waals surface area contributed by atoms with E-state index in [2.05, 4.69) is 49.4 Å². The molecule has 0 aliphatic carbocycles. The van der Waals surface area contributed by atoms with Crippen LogP contribution in [0.25, 0.3) is 22.1 Å². The Morgan fingerprint density at radius 1 is 0.643 bits per heavy atom. The van der Waals surface area contributed by atoms with Crippen molar-refractivity contribution in [3.8, 4) is 0 Å². The summed E-state index contributed by atoms with van der Waals surface area (Å²) < 4.78 is 14.8. The second kappa shape index (κ2) is 3.16. The SMILES string of the molecule is Brc1c2[nH]s[nH]c2c(Br)c2[nH]s[nH]c12. The van der Waals surface area contributed by atoms with Gasteiger partial charge in [0.2, 0.25) is 0 Å². The number of nitrogens with one attached hydrogen (secondary N) is 4. The number of H-pyrrole nitrogens is 4. The third-order valence-corrected chi connectivity index (χ3v) is 4.80. The summed E-state index contributed by atoms with van der Waals surface area (Å²) in [5.41, 5.74) is 4.27. The molecule has 1 aromatic carbocycles. The number of fused-ring (bicyclic) bond motifs is 2. The molecule has 0 spiro atoms. The summed E-state index contributed by atoms with van der Waals surface area (Å²) in [5.74, 6) is 0. The Bertz CT molecular complexity index is 528. The molecule has 4 N–H and O–H groups in total. The van der Waals surface area contributed by atoms with Crippen LogP contribution in [-0.2, 0) is 0 Å². The molecule has 3 aromatic rings. The van der Waals surface area contributed by atoms with Crippen LogP contribution in [0.5, 0.6) is 0 Å². The Hall–Kier alpha value is -0.180. The zero-order chi connectivity index (χ0) is 9.71. The molecular weight excluding hydrogens is 352 g/mol. The molecule has 0 unspecified atom stereocenters. The lowest BCUT2D eigenvalue weighted by atomic mass is 10.3. The van der Waals surface area contributed by atoms with Gasteiger partial charge in [-0.15, -0.1) is 0 Å². The van der Waals surface area contributed by atoms with E-state index in [9.17, 15) is 0 Å². The topological polar surface area (TPSA) is 63.2 Å². The van der Waals surface area contributed by atoms with Gasteiger partial charge < -0.3 is 0 Å². The Labute approximate surface area is 103 Å². The van der Waals surface area contributed by atoms with Crippen LogP contribution < -0.4 is 0 Å². The first kappa shape index (κ1) is 9.08. The molecule has 14 heavy (non-hydrogen) atoms. The van der Waals surface area contributed by atoms with Gasteiger partial charge in [0.1, 0.15) is 0 Å². The van der Waals surface area contributed by atoms with Gasteiger partial charge in [-0.25, -0.2) is 0 Å². The molecule has 0 saturated carbocycles. The van der Waals surface area contributed by atoms with Crippen LogP contribution in [-0.4, -0.2) is 17.5 Å². The lowest BCUT2D eigenvalue weighted by molar-refractivity contribution is 1.57. The molecule has 0 amide bonds. The van der Waals surface area contributed by atoms with E-state index in [1.165, 1.54) is 23.5 Å². The Kier molecular flexibility index (Phi) is 2.05. The molecule has 0 fully saturated rings. The van der Waals surface area contributed by atoms with Gasteiger partial charge in [-0.05, 0) is 31.9 Å². The molecule has 4 nitrogen and oxygen atoms in total. The highest BCUT2D eigenvalue weighted by Crippen LogP contribution is 2.36. The highest BCUT2D eigenvalue weighted by molar-refractivity contribution is 9.11. The summed E-state index contributed by atoms with van der Waals surface area (Å²) in [7, 11) is 0. The smallest absolute Gasteiger partial charge is 0.0910 e. The second-order valence-electron chi connectivity index (χ2n) is 2.74. The molecule has 74 valence electrons. The van der Waals surface area contributed by atoms with E-state index >= 15 is 0 Å². The molecule has 2 heterocycles. The Morgan fingerprint density at radius 2 is 0.929 bits per heavy atom. The quantitative estimate of drug-likeness (QED) is 0.469. The van der Waals surface area contributed by atoms with Gasteiger partial charge in [0.15, 0.2) is 0 Å². The van der Waals surface area contributed by atoms with Gasteiger partial charge in [0.25, 0.3) is 0 Å². The van der Waals surface area contributed by atoms with Crippen LogP contribution in [0.4, 0.5) is 0 Å². The van der Waals surface area contributed by atoms with Crippen LogP contribution in [0.2, 0.25) is 0 Å². The maximum absolute atomic E-state index is 3.56. The van der Waals surface area contributed by atoms with E-state index < -0.39 is 0 Å². The lowest BCUT2D eigenvalue weighted by Gasteiger charge is -1.98. The first-order valence-corrected chi connectivity index (χ1v) is 6.91. The summed E-state index contributed by atoms with van der Waals surface area (Å²) in [4.78, 5) is 0. The van der Waals surface area contributed by atoms with E-state index in [1.54, 1.807) is 0 Å². The number of rotatable bonds is 0. The van der Waals surface area contributed by atoms with Crippen molar-refractivity contribution < 1.29 is 0 Å². The Morgan fingerprint density at radius 3 is 1.21 bits per heavy atom. The number of hydrogen-bond acceptors (Lipinski definition) is 2. The van der Waals surface area contributed by atoms with E-state index in [0.717, 1.165) is 31.0 Å². The average molecular weight is 356 g/mol. The van der Waals surface area contributed by atoms with Crippen LogP contribution >= 0.6 is 55.3 Å². The monoisotopic (exact) mass is 354 g/mol. The van der Waals surface area contributed by atoms with Crippen molar-refractivity contribution >= 4 is 77.4 Å². The van der Waals surface area contributed by atoms with E-state index in [1.807, 2.05) is 0 Å². The minimum Gasteiger partial charge on any atom is -0.294 e. The number of hydrogen-bond donors (Lipinski definition) is 4. The number of halogens is 2. The molecule has 0 radical (unpaired) electrons. The highest BCUT2D eigenvalue weighted by Gasteiger charge is 2.13. The molecule has 0 aliphatic rings. The summed E-state index contributed by atoms with van der Waals surface area (Å²) >= 11 is 10.1. The van der Waals surface area contributed by atoms with Gasteiger partial charge in [-0.3, -0.25) is 17.5 Å². The molecule has 0 bridgehead atoms. The van der Waals surface area contributed by atoms with Gasteiger partial charge in [-0.2, -0.15) is 0 Å². The van der Waals surface area contributed by atoms with Gasteiger partial charge in [0.05, 0.1) is 31.0 Å². The maximum atomic E-state index is 3.56. The fraction of sp³-hybridized carbons (Fsp3) is 0. The fourth-order valence-electron chi connectivity index (χ4n) is 1.33. The first-order chi connectivity index (χ1) is 6.79. The Balaban J connectivity index is 2.72. The van der Waals surface area contributed by atoms with Gasteiger partial charge >= 0.3 is 0 Å². The minimum atomic E-state index is 1.04. The molecule has 0 saturated heterocycles. The number of benzene rings is 1. The van der Waals surface area contributed by atoms with Crippen molar-refractivity contribution in [3.05, 3.63) is 8.95 Å². The summed E-state index contributed by atoms with van der Waals surface area (Å²) in [6.45, 7) is 0. The van der Waals surface area contributed by atoms with Crippen molar-refractivity contribution in [1.82, 2.24) is 17.5 Å². The predicted molar refractivity (Wildman–Crippen MR) is 67.6 cm³/mol. The first-order valence-electron chi connectivity index (χ1n) is 3.69. The van der Waals surface area contributed by atoms with E-state index in [-0.39, 0.29) is 0 Å². The maximum Gasteiger partial charge on any atom is 0.0910 e. The van der Waals surface area contributed by atoms with E-state index in [0.29, 0.717) is 0 Å². The van der Waals surface area contributed by atoms with Gasteiger partial charge in [0, 0.05) is 23.5 Å². The van der Waals surface area contributed by atoms with Crippen LogP contribution in [0.15, 0.2) is 8.95 Å². The zero-order valence-electron chi connectivity index (χ0n) is 6.57. The summed E-state index contributed by atoms with van der Waals surface area (Å²) in [6, 6.07) is 0. The molecule has 8 heteroatoms. The molecule has 0 atom stereocenters. The van der Waals surface area contributed by atoms with Crippen LogP contribution in [0, 0.1) is 0 Å². The second-order valence-corrected chi connectivity index (χ2v) is 5.55. The van der Waals surface area contributed by atoms with Crippen molar-refractivity contribution in [2.45, 2.75) is 0 Å². The largest absolute Gasteiger partial charge is 0.294 e. The molecular formula is C6H4Br2N4S2. The molecule has 0 aliphatic heterocycles. The summed E-state index contributed by atoms with van der Waals surface area (Å²) in [5, 5.41) is 0. The third kappa shape index (κ3) is 1.08. The van der Waals surface area contributed by atoms with Crippen molar-refractivity contribution in [1.29, 1.82) is 0 Å².